The summed E-state index contributed by atoms with van der Waals surface area (Å²) >= 11 is 0. The van der Waals surface area contributed by atoms with Crippen LogP contribution in [0, 0.1) is 6.92 Å². The Morgan fingerprint density at radius 3 is 2.18 bits per heavy atom. The summed E-state index contributed by atoms with van der Waals surface area (Å²) in [5.74, 6) is 0. The van der Waals surface area contributed by atoms with E-state index in [0.29, 0.717) is 0 Å². The second-order valence-corrected chi connectivity index (χ2v) is 8.47. The smallest absolute Gasteiger partial charge is 0.0710 e. The molecule has 2 aromatic heterocycles. The van der Waals surface area contributed by atoms with Crippen LogP contribution in [-0.2, 0) is 0 Å². The van der Waals surface area contributed by atoms with Gasteiger partial charge in [0.1, 0.15) is 0 Å². The molecule has 2 nitrogen and oxygen atoms in total. The molecule has 0 atom stereocenters. The van der Waals surface area contributed by atoms with Crippen LogP contribution in [0.4, 0.5) is 0 Å². The van der Waals surface area contributed by atoms with Crippen LogP contribution in [0.15, 0.2) is 116 Å². The lowest BCUT2D eigenvalue weighted by Gasteiger charge is -2.14. The molecule has 5 aromatic rings. The monoisotopic (exact) mass is 438 g/mol. The van der Waals surface area contributed by atoms with Gasteiger partial charge in [0.05, 0.1) is 11.4 Å². The van der Waals surface area contributed by atoms with Gasteiger partial charge in [-0.1, -0.05) is 78.9 Å². The SMILES string of the molecule is C/C(=C\c1ccccc1-c1ccccn1)c1ccc(-c2ccccc2)cc1-c1cc(C)ccn1. The van der Waals surface area contributed by atoms with Crippen molar-refractivity contribution < 1.29 is 0 Å². The zero-order valence-corrected chi connectivity index (χ0v) is 19.4. The van der Waals surface area contributed by atoms with Gasteiger partial charge in [0.15, 0.2) is 0 Å². The quantitative estimate of drug-likeness (QED) is 0.258. The number of pyridine rings is 2. The summed E-state index contributed by atoms with van der Waals surface area (Å²) in [6.45, 7) is 4.28. The van der Waals surface area contributed by atoms with Crippen molar-refractivity contribution >= 4 is 11.6 Å². The second-order valence-electron chi connectivity index (χ2n) is 8.47. The van der Waals surface area contributed by atoms with Crippen molar-refractivity contribution in [3.8, 4) is 33.6 Å². The lowest BCUT2D eigenvalue weighted by molar-refractivity contribution is 1.28. The number of rotatable bonds is 5. The Labute approximate surface area is 201 Å². The van der Waals surface area contributed by atoms with Gasteiger partial charge in [0.25, 0.3) is 0 Å². The van der Waals surface area contributed by atoms with Crippen LogP contribution in [0.2, 0.25) is 0 Å². The van der Waals surface area contributed by atoms with Gasteiger partial charge in [-0.15, -0.1) is 0 Å². The van der Waals surface area contributed by atoms with E-state index in [4.69, 9.17) is 4.98 Å². The van der Waals surface area contributed by atoms with Crippen molar-refractivity contribution in [2.45, 2.75) is 13.8 Å². The molecule has 0 bridgehead atoms. The predicted molar refractivity (Wildman–Crippen MR) is 143 cm³/mol. The normalized spacial score (nSPS) is 11.4. The number of nitrogens with zero attached hydrogens (tertiary/aromatic N) is 2. The zero-order chi connectivity index (χ0) is 23.3. The van der Waals surface area contributed by atoms with Gasteiger partial charge in [0.2, 0.25) is 0 Å². The number of hydrogen-bond donors (Lipinski definition) is 0. The standard InChI is InChI=1S/C32H26N2/c1-23-17-19-34-32(20-23)30-22-26(25-10-4-3-5-11-25)15-16-28(30)24(2)21-27-12-6-7-13-29(27)31-14-8-9-18-33-31/h3-22H,1-2H3/b24-21+. The first-order chi connectivity index (χ1) is 16.7. The lowest BCUT2D eigenvalue weighted by atomic mass is 9.91. The summed E-state index contributed by atoms with van der Waals surface area (Å²) < 4.78 is 0. The molecule has 0 radical (unpaired) electrons. The van der Waals surface area contributed by atoms with E-state index in [0.717, 1.165) is 28.1 Å². The maximum Gasteiger partial charge on any atom is 0.0710 e. The minimum atomic E-state index is 0.974. The second kappa shape index (κ2) is 9.68. The molecule has 0 fully saturated rings. The molecule has 0 aliphatic carbocycles. The van der Waals surface area contributed by atoms with Gasteiger partial charge in [-0.05, 0) is 77.6 Å². The van der Waals surface area contributed by atoms with Gasteiger partial charge < -0.3 is 0 Å². The fourth-order valence-electron chi connectivity index (χ4n) is 4.28. The first-order valence-electron chi connectivity index (χ1n) is 11.5. The number of hydrogen-bond acceptors (Lipinski definition) is 2. The van der Waals surface area contributed by atoms with Gasteiger partial charge in [-0.3, -0.25) is 9.97 Å². The van der Waals surface area contributed by atoms with Gasteiger partial charge >= 0.3 is 0 Å². The fraction of sp³-hybridized carbons (Fsp3) is 0.0625. The third kappa shape index (κ3) is 4.57. The van der Waals surface area contributed by atoms with E-state index in [1.54, 1.807) is 0 Å². The highest BCUT2D eigenvalue weighted by Gasteiger charge is 2.12. The number of allylic oxidation sites excluding steroid dienone is 1. The minimum Gasteiger partial charge on any atom is -0.256 e. The molecule has 0 amide bonds. The number of benzene rings is 3. The summed E-state index contributed by atoms with van der Waals surface area (Å²) in [6.07, 6.45) is 5.98. The van der Waals surface area contributed by atoms with E-state index in [1.165, 1.54) is 27.8 Å². The van der Waals surface area contributed by atoms with Gasteiger partial charge in [-0.25, -0.2) is 0 Å². The molecule has 164 valence electrons. The molecule has 0 saturated heterocycles. The fourth-order valence-corrected chi connectivity index (χ4v) is 4.28. The highest BCUT2D eigenvalue weighted by Crippen LogP contribution is 2.34. The molecule has 0 aliphatic heterocycles. The first-order valence-corrected chi connectivity index (χ1v) is 11.5. The van der Waals surface area contributed by atoms with Crippen LogP contribution in [-0.4, -0.2) is 9.97 Å². The summed E-state index contributed by atoms with van der Waals surface area (Å²) in [5.41, 5.74) is 11.3. The topological polar surface area (TPSA) is 25.8 Å². The van der Waals surface area contributed by atoms with Crippen molar-refractivity contribution in [1.82, 2.24) is 9.97 Å². The number of aryl methyl sites for hydroxylation is 1. The van der Waals surface area contributed by atoms with E-state index < -0.39 is 0 Å². The van der Waals surface area contributed by atoms with Crippen LogP contribution in [0.1, 0.15) is 23.6 Å². The van der Waals surface area contributed by atoms with Gasteiger partial charge in [0, 0.05) is 23.5 Å². The van der Waals surface area contributed by atoms with Crippen LogP contribution in [0.3, 0.4) is 0 Å². The molecular weight excluding hydrogens is 412 g/mol. The molecule has 0 N–H and O–H groups in total. The Balaban J connectivity index is 1.65. The lowest BCUT2D eigenvalue weighted by Crippen LogP contribution is -1.93. The molecule has 0 saturated carbocycles. The van der Waals surface area contributed by atoms with Crippen molar-refractivity contribution in [3.05, 3.63) is 132 Å². The highest BCUT2D eigenvalue weighted by atomic mass is 14.7. The van der Waals surface area contributed by atoms with E-state index >= 15 is 0 Å². The molecule has 34 heavy (non-hydrogen) atoms. The maximum atomic E-state index is 4.72. The molecule has 2 heterocycles. The average molecular weight is 439 g/mol. The zero-order valence-electron chi connectivity index (χ0n) is 19.4. The van der Waals surface area contributed by atoms with Crippen molar-refractivity contribution in [3.63, 3.8) is 0 Å². The third-order valence-corrected chi connectivity index (χ3v) is 6.02. The van der Waals surface area contributed by atoms with Crippen LogP contribution in [0.5, 0.6) is 0 Å². The molecule has 0 unspecified atom stereocenters. The van der Waals surface area contributed by atoms with E-state index in [2.05, 4.69) is 104 Å². The molecular formula is C32H26N2. The van der Waals surface area contributed by atoms with Crippen LogP contribution < -0.4 is 0 Å². The molecule has 0 aliphatic rings. The Bertz CT molecular complexity index is 1450. The molecule has 5 rings (SSSR count). The highest BCUT2D eigenvalue weighted by molar-refractivity contribution is 5.91. The third-order valence-electron chi connectivity index (χ3n) is 6.02. The Kier molecular flexibility index (Phi) is 6.13. The molecule has 3 aromatic carbocycles. The van der Waals surface area contributed by atoms with Crippen LogP contribution >= 0.6 is 0 Å². The summed E-state index contributed by atoms with van der Waals surface area (Å²) in [4.78, 5) is 9.29. The Hall–Kier alpha value is -4.30. The summed E-state index contributed by atoms with van der Waals surface area (Å²) in [5, 5.41) is 0. The van der Waals surface area contributed by atoms with Crippen molar-refractivity contribution in [1.29, 1.82) is 0 Å². The Morgan fingerprint density at radius 2 is 1.38 bits per heavy atom. The minimum absolute atomic E-state index is 0.974. The largest absolute Gasteiger partial charge is 0.256 e. The number of aromatic nitrogens is 2. The van der Waals surface area contributed by atoms with E-state index in [9.17, 15) is 0 Å². The van der Waals surface area contributed by atoms with E-state index in [1.807, 2.05) is 36.7 Å². The van der Waals surface area contributed by atoms with Gasteiger partial charge in [-0.2, -0.15) is 0 Å². The first kappa shape index (κ1) is 21.5. The van der Waals surface area contributed by atoms with Crippen LogP contribution in [0.25, 0.3) is 45.3 Å². The van der Waals surface area contributed by atoms with Crippen molar-refractivity contribution in [2.24, 2.45) is 0 Å². The van der Waals surface area contributed by atoms with E-state index in [-0.39, 0.29) is 0 Å². The predicted octanol–water partition coefficient (Wildman–Crippen LogP) is 8.35. The summed E-state index contributed by atoms with van der Waals surface area (Å²) in [7, 11) is 0. The molecule has 2 heteroatoms. The average Bonchev–Trinajstić information content (AvgIpc) is 2.89. The maximum absolute atomic E-state index is 4.72. The Morgan fingerprint density at radius 1 is 0.618 bits per heavy atom. The summed E-state index contributed by atoms with van der Waals surface area (Å²) in [6, 6.07) is 35.8. The van der Waals surface area contributed by atoms with Crippen molar-refractivity contribution in [2.75, 3.05) is 0 Å². The molecule has 0 spiro atoms.